The van der Waals surface area contributed by atoms with Gasteiger partial charge in [0.1, 0.15) is 0 Å². The molecule has 1 aromatic carbocycles. The molecule has 0 aliphatic heterocycles. The summed E-state index contributed by atoms with van der Waals surface area (Å²) in [6.07, 6.45) is 6.63. The number of hydrogen-bond donors (Lipinski definition) is 1. The summed E-state index contributed by atoms with van der Waals surface area (Å²) in [4.78, 5) is 11.9. The van der Waals surface area contributed by atoms with Gasteiger partial charge in [0.05, 0.1) is 0 Å². The van der Waals surface area contributed by atoms with Crippen LogP contribution >= 0.6 is 0 Å². The number of carbonyl (C=O) groups excluding carboxylic acids is 1. The van der Waals surface area contributed by atoms with Crippen molar-refractivity contribution >= 4 is 5.78 Å². The molecule has 0 spiro atoms. The molecule has 2 nitrogen and oxygen atoms in total. The molecule has 0 saturated heterocycles. The molecule has 0 aromatic heterocycles. The first kappa shape index (κ1) is 14.5. The second kappa shape index (κ2) is 8.51. The van der Waals surface area contributed by atoms with Gasteiger partial charge >= 0.3 is 0 Å². The van der Waals surface area contributed by atoms with Crippen LogP contribution in [0.2, 0.25) is 0 Å². The van der Waals surface area contributed by atoms with Gasteiger partial charge in [-0.25, -0.2) is 0 Å². The third kappa shape index (κ3) is 5.67. The van der Waals surface area contributed by atoms with Gasteiger partial charge in [0.2, 0.25) is 0 Å². The van der Waals surface area contributed by atoms with Crippen molar-refractivity contribution in [1.82, 2.24) is 5.32 Å². The van der Waals surface area contributed by atoms with Gasteiger partial charge < -0.3 is 5.32 Å². The first-order valence-corrected chi connectivity index (χ1v) is 6.75. The molecule has 0 saturated carbocycles. The number of rotatable bonds is 8. The number of hydrogen-bond acceptors (Lipinski definition) is 2. The summed E-state index contributed by atoms with van der Waals surface area (Å²) in [6, 6.07) is 9.36. The van der Waals surface area contributed by atoms with E-state index in [1.807, 2.05) is 37.3 Å². The van der Waals surface area contributed by atoms with Gasteiger partial charge in [-0.2, -0.15) is 0 Å². The highest BCUT2D eigenvalue weighted by Gasteiger charge is 2.01. The Labute approximate surface area is 110 Å². The number of ketones is 1. The lowest BCUT2D eigenvalue weighted by atomic mass is 10.1. The van der Waals surface area contributed by atoms with E-state index in [1.54, 1.807) is 6.08 Å². The van der Waals surface area contributed by atoms with E-state index in [0.717, 1.165) is 17.8 Å². The van der Waals surface area contributed by atoms with Crippen molar-refractivity contribution in [2.24, 2.45) is 0 Å². The predicted octanol–water partition coefficient (Wildman–Crippen LogP) is 3.94. The van der Waals surface area contributed by atoms with E-state index in [4.69, 9.17) is 0 Å². The lowest BCUT2D eigenvalue weighted by molar-refractivity contribution is 0.104. The smallest absolute Gasteiger partial charge is 0.187 e. The largest absolute Gasteiger partial charge is 0.388 e. The highest BCUT2D eigenvalue weighted by Crippen LogP contribution is 2.03. The summed E-state index contributed by atoms with van der Waals surface area (Å²) in [5.41, 5.74) is 1.69. The molecule has 0 amide bonds. The van der Waals surface area contributed by atoms with E-state index in [9.17, 15) is 4.79 Å². The highest BCUT2D eigenvalue weighted by molar-refractivity contribution is 6.04. The molecular weight excluding hydrogens is 222 g/mol. The van der Waals surface area contributed by atoms with Crippen LogP contribution in [0.4, 0.5) is 0 Å². The standard InChI is InChI=1S/C16H23NO/c1-3-4-5-9-12-17-14(2)13-16(18)15-10-7-6-8-11-15/h6-8,10-11,13,17H,3-5,9,12H2,1-2H3/b14-13-. The topological polar surface area (TPSA) is 29.1 Å². The Balaban J connectivity index is 2.34. The average Bonchev–Trinajstić information content (AvgIpc) is 2.39. The Morgan fingerprint density at radius 3 is 2.56 bits per heavy atom. The fourth-order valence-electron chi connectivity index (χ4n) is 1.77. The molecule has 0 aliphatic rings. The summed E-state index contributed by atoms with van der Waals surface area (Å²) >= 11 is 0. The Hall–Kier alpha value is -1.57. The van der Waals surface area contributed by atoms with Crippen LogP contribution in [0.5, 0.6) is 0 Å². The minimum Gasteiger partial charge on any atom is -0.388 e. The van der Waals surface area contributed by atoms with Crippen molar-refractivity contribution in [2.45, 2.75) is 39.5 Å². The highest BCUT2D eigenvalue weighted by atomic mass is 16.1. The molecule has 2 heteroatoms. The predicted molar refractivity (Wildman–Crippen MR) is 76.7 cm³/mol. The van der Waals surface area contributed by atoms with Gasteiger partial charge in [0, 0.05) is 23.9 Å². The van der Waals surface area contributed by atoms with Crippen molar-refractivity contribution < 1.29 is 4.79 Å². The number of unbranched alkanes of at least 4 members (excludes halogenated alkanes) is 3. The zero-order valence-electron chi connectivity index (χ0n) is 11.4. The molecule has 0 unspecified atom stereocenters. The summed E-state index contributed by atoms with van der Waals surface area (Å²) in [5.74, 6) is 0.0640. The van der Waals surface area contributed by atoms with E-state index < -0.39 is 0 Å². The van der Waals surface area contributed by atoms with Crippen LogP contribution in [0.25, 0.3) is 0 Å². The number of allylic oxidation sites excluding steroid dienone is 2. The summed E-state index contributed by atoms with van der Waals surface area (Å²) in [5, 5.41) is 3.28. The van der Waals surface area contributed by atoms with Crippen molar-refractivity contribution in [3.8, 4) is 0 Å². The molecular formula is C16H23NO. The van der Waals surface area contributed by atoms with E-state index in [2.05, 4.69) is 12.2 Å². The molecule has 1 aromatic rings. The third-order valence-electron chi connectivity index (χ3n) is 2.84. The van der Waals surface area contributed by atoms with E-state index in [0.29, 0.717) is 0 Å². The average molecular weight is 245 g/mol. The Morgan fingerprint density at radius 1 is 1.17 bits per heavy atom. The molecule has 98 valence electrons. The van der Waals surface area contributed by atoms with Crippen LogP contribution in [0.3, 0.4) is 0 Å². The summed E-state index contributed by atoms with van der Waals surface area (Å²) < 4.78 is 0. The van der Waals surface area contributed by atoms with Crippen LogP contribution < -0.4 is 5.32 Å². The lowest BCUT2D eigenvalue weighted by Crippen LogP contribution is -2.14. The quantitative estimate of drug-likeness (QED) is 0.427. The van der Waals surface area contributed by atoms with Crippen molar-refractivity contribution in [3.05, 3.63) is 47.7 Å². The monoisotopic (exact) mass is 245 g/mol. The van der Waals surface area contributed by atoms with Crippen molar-refractivity contribution in [1.29, 1.82) is 0 Å². The maximum Gasteiger partial charge on any atom is 0.187 e. The zero-order chi connectivity index (χ0) is 13.2. The molecule has 0 aliphatic carbocycles. The molecule has 0 fully saturated rings. The van der Waals surface area contributed by atoms with Gasteiger partial charge in [-0.05, 0) is 13.3 Å². The molecule has 0 radical (unpaired) electrons. The van der Waals surface area contributed by atoms with Crippen LogP contribution in [0.1, 0.15) is 49.9 Å². The second-order valence-electron chi connectivity index (χ2n) is 4.55. The normalized spacial score (nSPS) is 11.3. The van der Waals surface area contributed by atoms with E-state index >= 15 is 0 Å². The Kier molecular flexibility index (Phi) is 6.85. The molecule has 0 bridgehead atoms. The van der Waals surface area contributed by atoms with Crippen molar-refractivity contribution in [2.75, 3.05) is 6.54 Å². The van der Waals surface area contributed by atoms with Gasteiger partial charge in [0.25, 0.3) is 0 Å². The molecule has 0 atom stereocenters. The Morgan fingerprint density at radius 2 is 1.89 bits per heavy atom. The second-order valence-corrected chi connectivity index (χ2v) is 4.55. The third-order valence-corrected chi connectivity index (χ3v) is 2.84. The molecule has 18 heavy (non-hydrogen) atoms. The minimum absolute atomic E-state index is 0.0640. The van der Waals surface area contributed by atoms with Gasteiger partial charge in [-0.1, -0.05) is 56.5 Å². The maximum atomic E-state index is 11.9. The number of benzene rings is 1. The fraction of sp³-hybridized carbons (Fsp3) is 0.438. The number of carbonyl (C=O) groups is 1. The van der Waals surface area contributed by atoms with E-state index in [1.165, 1.54) is 25.7 Å². The summed E-state index contributed by atoms with van der Waals surface area (Å²) in [6.45, 7) is 5.10. The molecule has 1 rings (SSSR count). The number of nitrogens with one attached hydrogen (secondary N) is 1. The zero-order valence-corrected chi connectivity index (χ0v) is 11.4. The van der Waals surface area contributed by atoms with Crippen LogP contribution in [-0.4, -0.2) is 12.3 Å². The molecule has 1 N–H and O–H groups in total. The van der Waals surface area contributed by atoms with Crippen molar-refractivity contribution in [3.63, 3.8) is 0 Å². The Bertz CT molecular complexity index is 381. The van der Waals surface area contributed by atoms with Gasteiger partial charge in [0.15, 0.2) is 5.78 Å². The first-order valence-electron chi connectivity index (χ1n) is 6.75. The van der Waals surface area contributed by atoms with E-state index in [-0.39, 0.29) is 5.78 Å². The van der Waals surface area contributed by atoms with Crippen LogP contribution in [0.15, 0.2) is 42.1 Å². The fourth-order valence-corrected chi connectivity index (χ4v) is 1.77. The first-order chi connectivity index (χ1) is 8.74. The minimum atomic E-state index is 0.0640. The maximum absolute atomic E-state index is 11.9. The molecule has 0 heterocycles. The SMILES string of the molecule is CCCCCCN/C(C)=C\C(=O)c1ccccc1. The van der Waals surface area contributed by atoms with Crippen LogP contribution in [0, 0.1) is 0 Å². The lowest BCUT2D eigenvalue weighted by Gasteiger charge is -2.06. The van der Waals surface area contributed by atoms with Gasteiger partial charge in [-0.15, -0.1) is 0 Å². The van der Waals surface area contributed by atoms with Crippen LogP contribution in [-0.2, 0) is 0 Å². The van der Waals surface area contributed by atoms with Gasteiger partial charge in [-0.3, -0.25) is 4.79 Å². The summed E-state index contributed by atoms with van der Waals surface area (Å²) in [7, 11) is 0.